The van der Waals surface area contributed by atoms with E-state index in [1.807, 2.05) is 20.8 Å². The van der Waals surface area contributed by atoms with Crippen LogP contribution in [0.3, 0.4) is 0 Å². The van der Waals surface area contributed by atoms with Crippen LogP contribution in [0.1, 0.15) is 27.2 Å². The molecule has 16 heavy (non-hydrogen) atoms. The molecule has 0 aliphatic carbocycles. The Morgan fingerprint density at radius 2 is 2.12 bits per heavy atom. The molecule has 3 N–H and O–H groups in total. The molecule has 0 spiro atoms. The standard InChI is InChI=1S/C12H22N2O2/c1-8(2)11(4-5-15)14-12(16)9(3)10-6-13-7-10/h8,11,13,15H,4-7H2,1-3H3,(H,14,16). The van der Waals surface area contributed by atoms with Gasteiger partial charge in [0.15, 0.2) is 0 Å². The molecular weight excluding hydrogens is 204 g/mol. The third kappa shape index (κ3) is 3.32. The van der Waals surface area contributed by atoms with Crippen LogP contribution in [0, 0.1) is 5.92 Å². The van der Waals surface area contributed by atoms with Crippen LogP contribution in [0.4, 0.5) is 0 Å². The molecule has 92 valence electrons. The van der Waals surface area contributed by atoms with Gasteiger partial charge in [0, 0.05) is 31.3 Å². The predicted octanol–water partition coefficient (Wildman–Crippen LogP) is 0.429. The maximum absolute atomic E-state index is 11.9. The second-order valence-corrected chi connectivity index (χ2v) is 4.67. The number of carbonyl (C=O) groups excluding carboxylic acids is 1. The maximum Gasteiger partial charge on any atom is 0.247 e. The Kier molecular flexibility index (Phi) is 4.96. The van der Waals surface area contributed by atoms with Crippen molar-refractivity contribution in [1.29, 1.82) is 0 Å². The summed E-state index contributed by atoms with van der Waals surface area (Å²) in [6.07, 6.45) is 0.615. The van der Waals surface area contributed by atoms with Gasteiger partial charge in [0.2, 0.25) is 5.91 Å². The molecule has 0 bridgehead atoms. The molecule has 1 amide bonds. The molecule has 0 aromatic rings. The van der Waals surface area contributed by atoms with E-state index < -0.39 is 0 Å². The molecule has 1 aliphatic rings. The van der Waals surface area contributed by atoms with E-state index in [0.29, 0.717) is 12.3 Å². The van der Waals surface area contributed by atoms with Gasteiger partial charge in [-0.15, -0.1) is 0 Å². The second kappa shape index (κ2) is 6.01. The van der Waals surface area contributed by atoms with E-state index in [1.165, 1.54) is 5.57 Å². The number of aliphatic hydroxyl groups excluding tert-OH is 1. The van der Waals surface area contributed by atoms with Gasteiger partial charge in [-0.3, -0.25) is 4.79 Å². The average Bonchev–Trinajstić information content (AvgIpc) is 2.13. The van der Waals surface area contributed by atoms with Crippen molar-refractivity contribution in [1.82, 2.24) is 10.6 Å². The first kappa shape index (κ1) is 13.2. The summed E-state index contributed by atoms with van der Waals surface area (Å²) >= 11 is 0. The predicted molar refractivity (Wildman–Crippen MR) is 64.0 cm³/mol. The SMILES string of the molecule is CC(C(=O)NC(CCO)C(C)C)=C1CNC1. The van der Waals surface area contributed by atoms with E-state index in [2.05, 4.69) is 10.6 Å². The highest BCUT2D eigenvalue weighted by molar-refractivity contribution is 5.94. The van der Waals surface area contributed by atoms with Crippen LogP contribution in [0.5, 0.6) is 0 Å². The molecule has 0 aromatic heterocycles. The van der Waals surface area contributed by atoms with E-state index in [4.69, 9.17) is 5.11 Å². The summed E-state index contributed by atoms with van der Waals surface area (Å²) in [5.41, 5.74) is 2.01. The average molecular weight is 226 g/mol. The lowest BCUT2D eigenvalue weighted by Gasteiger charge is -2.25. The highest BCUT2D eigenvalue weighted by atomic mass is 16.3. The Balaban J connectivity index is 2.54. The van der Waals surface area contributed by atoms with Crippen molar-refractivity contribution in [2.75, 3.05) is 19.7 Å². The molecular formula is C12H22N2O2. The summed E-state index contributed by atoms with van der Waals surface area (Å²) in [5.74, 6) is 0.345. The largest absolute Gasteiger partial charge is 0.396 e. The highest BCUT2D eigenvalue weighted by Crippen LogP contribution is 2.11. The first-order valence-electron chi connectivity index (χ1n) is 5.87. The smallest absolute Gasteiger partial charge is 0.247 e. The van der Waals surface area contributed by atoms with E-state index in [1.54, 1.807) is 0 Å². The molecule has 1 atom stereocenters. The Morgan fingerprint density at radius 3 is 2.50 bits per heavy atom. The van der Waals surface area contributed by atoms with Crippen LogP contribution in [0.15, 0.2) is 11.1 Å². The van der Waals surface area contributed by atoms with E-state index in [-0.39, 0.29) is 18.6 Å². The quantitative estimate of drug-likeness (QED) is 0.596. The Labute approximate surface area is 97.1 Å². The maximum atomic E-state index is 11.9. The molecule has 1 rings (SSSR count). The monoisotopic (exact) mass is 226 g/mol. The molecule has 1 unspecified atom stereocenters. The van der Waals surface area contributed by atoms with Crippen LogP contribution in [-0.2, 0) is 4.79 Å². The van der Waals surface area contributed by atoms with Gasteiger partial charge in [0.1, 0.15) is 0 Å². The summed E-state index contributed by atoms with van der Waals surface area (Å²) in [5, 5.41) is 15.0. The summed E-state index contributed by atoms with van der Waals surface area (Å²) in [4.78, 5) is 11.9. The van der Waals surface area contributed by atoms with Crippen LogP contribution in [-0.4, -0.2) is 36.8 Å². The van der Waals surface area contributed by atoms with E-state index in [0.717, 1.165) is 18.7 Å². The van der Waals surface area contributed by atoms with Crippen molar-refractivity contribution in [3.8, 4) is 0 Å². The first-order valence-corrected chi connectivity index (χ1v) is 5.87. The van der Waals surface area contributed by atoms with Gasteiger partial charge >= 0.3 is 0 Å². The number of hydrogen-bond acceptors (Lipinski definition) is 3. The number of rotatable bonds is 5. The second-order valence-electron chi connectivity index (χ2n) is 4.67. The molecule has 1 saturated heterocycles. The number of nitrogens with one attached hydrogen (secondary N) is 2. The zero-order valence-electron chi connectivity index (χ0n) is 10.3. The molecule has 0 radical (unpaired) electrons. The van der Waals surface area contributed by atoms with Gasteiger partial charge in [-0.2, -0.15) is 0 Å². The fraction of sp³-hybridized carbons (Fsp3) is 0.750. The molecule has 1 fully saturated rings. The Hall–Kier alpha value is -0.870. The van der Waals surface area contributed by atoms with Gasteiger partial charge < -0.3 is 15.7 Å². The molecule has 4 heteroatoms. The van der Waals surface area contributed by atoms with Gasteiger partial charge in [-0.05, 0) is 24.8 Å². The van der Waals surface area contributed by atoms with E-state index >= 15 is 0 Å². The minimum atomic E-state index is 0.00338. The van der Waals surface area contributed by atoms with Crippen molar-refractivity contribution >= 4 is 5.91 Å². The van der Waals surface area contributed by atoms with Crippen LogP contribution >= 0.6 is 0 Å². The lowest BCUT2D eigenvalue weighted by molar-refractivity contribution is -0.118. The number of amides is 1. The summed E-state index contributed by atoms with van der Waals surface area (Å²) in [7, 11) is 0. The Morgan fingerprint density at radius 1 is 1.50 bits per heavy atom. The van der Waals surface area contributed by atoms with Crippen molar-refractivity contribution < 1.29 is 9.90 Å². The fourth-order valence-corrected chi connectivity index (χ4v) is 1.66. The van der Waals surface area contributed by atoms with Crippen molar-refractivity contribution in [3.05, 3.63) is 11.1 Å². The number of hydrogen-bond donors (Lipinski definition) is 3. The lowest BCUT2D eigenvalue weighted by Crippen LogP contribution is -2.42. The topological polar surface area (TPSA) is 61.4 Å². The van der Waals surface area contributed by atoms with Crippen molar-refractivity contribution in [3.63, 3.8) is 0 Å². The zero-order valence-corrected chi connectivity index (χ0v) is 10.3. The normalized spacial score (nSPS) is 16.9. The molecule has 4 nitrogen and oxygen atoms in total. The molecule has 1 heterocycles. The van der Waals surface area contributed by atoms with Gasteiger partial charge in [-0.1, -0.05) is 13.8 Å². The lowest BCUT2D eigenvalue weighted by atomic mass is 9.99. The Bertz CT molecular complexity index is 279. The number of aliphatic hydroxyl groups is 1. The molecule has 0 saturated carbocycles. The third-order valence-electron chi connectivity index (χ3n) is 3.11. The molecule has 1 aliphatic heterocycles. The van der Waals surface area contributed by atoms with Crippen LogP contribution in [0.2, 0.25) is 0 Å². The van der Waals surface area contributed by atoms with Crippen molar-refractivity contribution in [2.24, 2.45) is 5.92 Å². The third-order valence-corrected chi connectivity index (χ3v) is 3.11. The van der Waals surface area contributed by atoms with Gasteiger partial charge in [0.25, 0.3) is 0 Å². The molecule has 0 aromatic carbocycles. The van der Waals surface area contributed by atoms with Crippen molar-refractivity contribution in [2.45, 2.75) is 33.2 Å². The highest BCUT2D eigenvalue weighted by Gasteiger charge is 2.20. The van der Waals surface area contributed by atoms with Gasteiger partial charge in [-0.25, -0.2) is 0 Å². The number of carbonyl (C=O) groups is 1. The summed E-state index contributed by atoms with van der Waals surface area (Å²) in [6.45, 7) is 7.72. The first-order chi connectivity index (χ1) is 7.56. The minimum absolute atomic E-state index is 0.00338. The summed E-state index contributed by atoms with van der Waals surface area (Å²) < 4.78 is 0. The minimum Gasteiger partial charge on any atom is -0.396 e. The van der Waals surface area contributed by atoms with Crippen LogP contribution < -0.4 is 10.6 Å². The zero-order chi connectivity index (χ0) is 12.1. The summed E-state index contributed by atoms with van der Waals surface area (Å²) in [6, 6.07) is 0.0566. The van der Waals surface area contributed by atoms with Gasteiger partial charge in [0.05, 0.1) is 0 Å². The fourth-order valence-electron chi connectivity index (χ4n) is 1.66. The van der Waals surface area contributed by atoms with E-state index in [9.17, 15) is 4.79 Å². The van der Waals surface area contributed by atoms with Crippen LogP contribution in [0.25, 0.3) is 0 Å².